The molecule has 2 amide bonds. The molecule has 0 saturated carbocycles. The van der Waals surface area contributed by atoms with Crippen LogP contribution in [0.1, 0.15) is 58.3 Å². The minimum absolute atomic E-state index is 0.0670. The third-order valence-electron chi connectivity index (χ3n) is 10.7. The number of amides is 2. The van der Waals surface area contributed by atoms with Gasteiger partial charge in [-0.15, -0.1) is 22.7 Å². The van der Waals surface area contributed by atoms with Crippen molar-refractivity contribution in [2.24, 2.45) is 9.98 Å². The fourth-order valence-electron chi connectivity index (χ4n) is 7.91. The molecule has 1 unspecified atom stereocenters. The van der Waals surface area contributed by atoms with E-state index in [-0.39, 0.29) is 37.1 Å². The summed E-state index contributed by atoms with van der Waals surface area (Å²) >= 11 is 3.46. The summed E-state index contributed by atoms with van der Waals surface area (Å²) in [5.74, 6) is 1.81. The second-order valence-corrected chi connectivity index (χ2v) is 16.7. The molecule has 0 radical (unpaired) electrons. The summed E-state index contributed by atoms with van der Waals surface area (Å²) in [4.78, 5) is 45.7. The molecule has 56 heavy (non-hydrogen) atoms. The second kappa shape index (κ2) is 14.9. The highest BCUT2D eigenvalue weighted by Gasteiger charge is 2.35. The van der Waals surface area contributed by atoms with E-state index in [1.54, 1.807) is 61.2 Å². The Morgan fingerprint density at radius 3 is 1.57 bits per heavy atom. The maximum atomic E-state index is 13.8. The van der Waals surface area contributed by atoms with E-state index in [9.17, 15) is 9.59 Å². The zero-order chi connectivity index (χ0) is 38.5. The Balaban J connectivity index is 0.945. The molecule has 0 fully saturated rings. The van der Waals surface area contributed by atoms with Crippen LogP contribution < -0.4 is 18.9 Å². The fourth-order valence-corrected chi connectivity index (χ4v) is 9.81. The normalized spacial score (nSPS) is 17.9. The van der Waals surface area contributed by atoms with Crippen LogP contribution in [0.3, 0.4) is 0 Å². The number of thiophene rings is 2. The van der Waals surface area contributed by atoms with Gasteiger partial charge in [0.05, 0.1) is 48.8 Å². The first kappa shape index (κ1) is 36.2. The number of rotatable bonds is 10. The van der Waals surface area contributed by atoms with Crippen LogP contribution in [-0.2, 0) is 45.7 Å². The van der Waals surface area contributed by atoms with Gasteiger partial charge in [-0.25, -0.2) is 0 Å². The highest BCUT2D eigenvalue weighted by Crippen LogP contribution is 2.41. The van der Waals surface area contributed by atoms with Crippen LogP contribution in [0.4, 0.5) is 11.4 Å². The van der Waals surface area contributed by atoms with Gasteiger partial charge in [-0.05, 0) is 83.0 Å². The van der Waals surface area contributed by atoms with Crippen molar-refractivity contribution >= 4 is 58.3 Å². The van der Waals surface area contributed by atoms with Crippen molar-refractivity contribution in [1.29, 1.82) is 0 Å². The van der Waals surface area contributed by atoms with Crippen LogP contribution in [0.25, 0.3) is 0 Å². The molecular formula is C43H41N5O6S2. The molecule has 9 rings (SSSR count). The number of hydrogen-bond acceptors (Lipinski definition) is 11. The number of fused-ring (bicyclic) bond motifs is 6. The molecule has 4 aliphatic heterocycles. The quantitative estimate of drug-likeness (QED) is 0.144. The predicted octanol–water partition coefficient (Wildman–Crippen LogP) is 7.61. The number of methoxy groups -OCH3 is 2. The standard InChI is InChI=1S/C43H41N5O6S2/c1-46(2)20-25-9-26(23-53-38-16-34-32(14-36(38)51-3)42(49)47-21-28-5-7-55-40(28)12-30(47)18-44-34)11-27(10-25)24-54-39-17-35-33(15-37(39)52-4)43(50)48-22-29-6-8-56-41(29)13-31(48)19-45-35/h5-11,14-19,30-31H,12-13,20-24H2,1-4H3/t30-,31?/m0/s1. The summed E-state index contributed by atoms with van der Waals surface area (Å²) in [6, 6.07) is 17.4. The van der Waals surface area contributed by atoms with Crippen LogP contribution in [0.15, 0.2) is 75.3 Å². The van der Waals surface area contributed by atoms with E-state index in [2.05, 4.69) is 46.0 Å². The second-order valence-electron chi connectivity index (χ2n) is 14.7. The summed E-state index contributed by atoms with van der Waals surface area (Å²) in [5, 5.41) is 4.17. The van der Waals surface area contributed by atoms with Crippen molar-refractivity contribution in [1.82, 2.24) is 14.7 Å². The molecule has 4 aliphatic rings. The lowest BCUT2D eigenvalue weighted by molar-refractivity contribution is 0.0697. The largest absolute Gasteiger partial charge is 0.493 e. The number of carbonyl (C=O) groups is 2. The van der Waals surface area contributed by atoms with Crippen molar-refractivity contribution in [2.45, 2.75) is 57.8 Å². The van der Waals surface area contributed by atoms with Gasteiger partial charge in [-0.1, -0.05) is 12.1 Å². The average Bonchev–Trinajstić information content (AvgIpc) is 3.82. The molecule has 5 aromatic rings. The predicted molar refractivity (Wildman–Crippen MR) is 218 cm³/mol. The molecule has 0 spiro atoms. The van der Waals surface area contributed by atoms with Gasteiger partial charge >= 0.3 is 0 Å². The van der Waals surface area contributed by atoms with Crippen molar-refractivity contribution in [3.05, 3.63) is 114 Å². The molecule has 0 aliphatic carbocycles. The molecule has 2 atom stereocenters. The number of nitrogens with zero attached hydrogens (tertiary/aromatic N) is 5. The molecule has 0 N–H and O–H groups in total. The third-order valence-corrected chi connectivity index (χ3v) is 12.6. The van der Waals surface area contributed by atoms with Gasteiger partial charge in [-0.2, -0.15) is 0 Å². The third kappa shape index (κ3) is 6.84. The number of carbonyl (C=O) groups excluding carboxylic acids is 2. The zero-order valence-corrected chi connectivity index (χ0v) is 33.2. The van der Waals surface area contributed by atoms with E-state index in [0.29, 0.717) is 65.1 Å². The number of hydrogen-bond donors (Lipinski definition) is 0. The molecule has 0 saturated heterocycles. The first-order valence-electron chi connectivity index (χ1n) is 18.5. The number of aliphatic imine (C=N–C) groups is 2. The number of benzene rings is 3. The van der Waals surface area contributed by atoms with Gasteiger partial charge in [0.15, 0.2) is 23.0 Å². The minimum atomic E-state index is -0.102. The first-order chi connectivity index (χ1) is 27.2. The van der Waals surface area contributed by atoms with E-state index in [1.807, 2.05) is 36.3 Å². The van der Waals surface area contributed by atoms with E-state index in [4.69, 9.17) is 28.9 Å². The van der Waals surface area contributed by atoms with Gasteiger partial charge in [0.25, 0.3) is 11.8 Å². The highest BCUT2D eigenvalue weighted by atomic mass is 32.1. The summed E-state index contributed by atoms with van der Waals surface area (Å²) in [7, 11) is 7.22. The van der Waals surface area contributed by atoms with Crippen LogP contribution in [0.2, 0.25) is 0 Å². The molecular weight excluding hydrogens is 747 g/mol. The average molecular weight is 788 g/mol. The molecule has 2 aromatic heterocycles. The lowest BCUT2D eigenvalue weighted by Crippen LogP contribution is -2.44. The van der Waals surface area contributed by atoms with Crippen molar-refractivity contribution < 1.29 is 28.5 Å². The van der Waals surface area contributed by atoms with Gasteiger partial charge < -0.3 is 33.6 Å². The van der Waals surface area contributed by atoms with Gasteiger partial charge in [0, 0.05) is 66.8 Å². The Bertz CT molecular complexity index is 2260. The summed E-state index contributed by atoms with van der Waals surface area (Å²) in [6.45, 7) is 2.34. The van der Waals surface area contributed by atoms with Crippen molar-refractivity contribution in [3.63, 3.8) is 0 Å². The number of ether oxygens (including phenoxy) is 4. The fraction of sp³-hybridized carbons (Fsp3) is 0.302. The van der Waals surface area contributed by atoms with Crippen LogP contribution >= 0.6 is 22.7 Å². The van der Waals surface area contributed by atoms with Crippen molar-refractivity contribution in [3.8, 4) is 23.0 Å². The Morgan fingerprint density at radius 1 is 0.661 bits per heavy atom. The lowest BCUT2D eigenvalue weighted by atomic mass is 10.0. The Morgan fingerprint density at radius 2 is 1.12 bits per heavy atom. The Kier molecular flexibility index (Phi) is 9.60. The van der Waals surface area contributed by atoms with E-state index < -0.39 is 0 Å². The van der Waals surface area contributed by atoms with Gasteiger partial charge in [0.2, 0.25) is 0 Å². The maximum absolute atomic E-state index is 13.8. The first-order valence-corrected chi connectivity index (χ1v) is 20.3. The molecule has 0 bridgehead atoms. The van der Waals surface area contributed by atoms with Crippen molar-refractivity contribution in [2.75, 3.05) is 28.3 Å². The Hall–Kier alpha value is -5.50. The van der Waals surface area contributed by atoms with E-state index >= 15 is 0 Å². The minimum Gasteiger partial charge on any atom is -0.493 e. The van der Waals surface area contributed by atoms with Crippen LogP contribution in [0, 0.1) is 0 Å². The van der Waals surface area contributed by atoms with Crippen LogP contribution in [-0.4, -0.2) is 79.3 Å². The molecule has 286 valence electrons. The molecule has 6 heterocycles. The molecule has 13 heteroatoms. The molecule has 11 nitrogen and oxygen atoms in total. The maximum Gasteiger partial charge on any atom is 0.257 e. The van der Waals surface area contributed by atoms with E-state index in [0.717, 1.165) is 29.5 Å². The summed E-state index contributed by atoms with van der Waals surface area (Å²) in [5.41, 5.74) is 7.48. The summed E-state index contributed by atoms with van der Waals surface area (Å²) < 4.78 is 24.3. The zero-order valence-electron chi connectivity index (χ0n) is 31.6. The lowest BCUT2D eigenvalue weighted by Gasteiger charge is -2.32. The van der Waals surface area contributed by atoms with Gasteiger partial charge in [0.1, 0.15) is 13.2 Å². The van der Waals surface area contributed by atoms with E-state index in [1.165, 1.54) is 20.9 Å². The monoisotopic (exact) mass is 787 g/mol. The smallest absolute Gasteiger partial charge is 0.257 e. The SMILES string of the molecule is COc1cc2c(cc1OCc1cc(COc3cc4c(cc3OC)C(=O)N3Cc5ccsc5C[C@H]3C=N4)cc(CN(C)C)c1)N=CC1Cc3sccc3CN1C2=O. The Labute approximate surface area is 333 Å². The topological polar surface area (TPSA) is 106 Å². The summed E-state index contributed by atoms with van der Waals surface area (Å²) in [6.07, 6.45) is 5.28. The van der Waals surface area contributed by atoms with Crippen LogP contribution in [0.5, 0.6) is 23.0 Å². The molecule has 3 aromatic carbocycles. The highest BCUT2D eigenvalue weighted by molar-refractivity contribution is 7.10. The van der Waals surface area contributed by atoms with Gasteiger partial charge in [-0.3, -0.25) is 19.6 Å².